The number of ether oxygens (including phenoxy) is 14. The summed E-state index contributed by atoms with van der Waals surface area (Å²) < 4.78 is 79.2. The molecule has 21 atom stereocenters. The summed E-state index contributed by atoms with van der Waals surface area (Å²) in [5.41, 5.74) is 0. The summed E-state index contributed by atoms with van der Waals surface area (Å²) in [5.74, 6) is -8.53. The summed E-state index contributed by atoms with van der Waals surface area (Å²) in [4.78, 5) is 73.4. The Balaban J connectivity index is 1.31. The first kappa shape index (κ1) is 78.3. The molecule has 90 heavy (non-hydrogen) atoms. The van der Waals surface area contributed by atoms with Gasteiger partial charge in [0.05, 0.1) is 104 Å². The van der Waals surface area contributed by atoms with Gasteiger partial charge < -0.3 is 154 Å². The second-order valence-electron chi connectivity index (χ2n) is 21.3. The Bertz CT molecular complexity index is 2130. The minimum Gasteiger partial charge on any atom is -0.480 e. The number of carboxylic acid groups (broad SMARTS) is 2. The molecule has 37 heteroatoms. The average molecular weight is 1310 g/mol. The number of aliphatic hydroxyl groups is 11. The normalized spacial score (nSPS) is 32.7. The molecule has 0 unspecified atom stereocenters. The smallest absolute Gasteiger partial charge is 0.364 e. The number of nitrogens with one attached hydrogen (secondary N) is 4. The van der Waals surface area contributed by atoms with Gasteiger partial charge in [-0.15, -0.1) is 0 Å². The first-order valence-corrected chi connectivity index (χ1v) is 29.4. The predicted molar refractivity (Wildman–Crippen MR) is 294 cm³/mol. The molecule has 0 spiro atoms. The molecule has 4 fully saturated rings. The maximum absolute atomic E-state index is 13.1. The monoisotopic (exact) mass is 1310 g/mol. The molecule has 0 aromatic rings. The molecule has 4 amide bonds. The zero-order chi connectivity index (χ0) is 66.5. The highest BCUT2D eigenvalue weighted by Crippen LogP contribution is 2.39. The largest absolute Gasteiger partial charge is 0.480 e. The molecular weight excluding hydrogens is 1220 g/mol. The van der Waals surface area contributed by atoms with E-state index >= 15 is 0 Å². The number of aliphatic carboxylic acids is 2. The predicted octanol–water partition coefficient (Wildman–Crippen LogP) is -9.23. The molecule has 0 radical (unpaired) electrons. The van der Waals surface area contributed by atoms with Gasteiger partial charge in [-0.3, -0.25) is 19.2 Å². The maximum Gasteiger partial charge on any atom is 0.364 e. The molecule has 0 aromatic carbocycles. The van der Waals surface area contributed by atoms with Gasteiger partial charge in [0.15, 0.2) is 18.9 Å². The van der Waals surface area contributed by atoms with E-state index in [2.05, 4.69) is 21.3 Å². The molecule has 17 N–H and O–H groups in total. The quantitative estimate of drug-likeness (QED) is 0.0252. The second kappa shape index (κ2) is 40.8. The molecule has 0 aromatic heterocycles. The number of rotatable bonds is 43. The van der Waals surface area contributed by atoms with Crippen molar-refractivity contribution in [3.63, 3.8) is 0 Å². The standard InChI is InChI=1S/C53H92N4O33/c1-27-39(69)42(72)43(73)50(84-27)88-47-38(57-29(3)62)49(83-10-6-4-5-7-34(65)54-8-9-55-35(66)25-81-19-17-79-15-13-77-11-12-78-14-16-80-18-20-82-26-36(67)68)86-33(24-60)45(47)87-51-44(74)48(41(71)32(23-59)85-51)90-53(52(75)76)21-30(63)37(56-28(2)61)46(89-53)40(70)31(64)22-58/h27,30-33,37-51,58-60,63-64,69-74H,4-26H2,1-3H3,(H,54,65)(H,55,66)(H,56,61)(H,57,62)(H,67,68)(H,75,76)/t27-,30-,31+,32+,33+,37+,38+,39+,40+,41-,42+,43-,44+,45+,46+,47+,48-,49+,50-,51-,53-/m0/s1. The summed E-state index contributed by atoms with van der Waals surface area (Å²) in [7, 11) is 0. The van der Waals surface area contributed by atoms with Crippen LogP contribution in [0.3, 0.4) is 0 Å². The molecule has 37 nitrogen and oxygen atoms in total. The van der Waals surface area contributed by atoms with E-state index in [0.29, 0.717) is 52.5 Å². The van der Waals surface area contributed by atoms with E-state index in [4.69, 9.17) is 71.4 Å². The number of amides is 4. The summed E-state index contributed by atoms with van der Waals surface area (Å²) in [6, 6.07) is -3.16. The molecule has 4 aliphatic heterocycles. The molecule has 4 aliphatic rings. The van der Waals surface area contributed by atoms with Gasteiger partial charge in [-0.25, -0.2) is 9.59 Å². The van der Waals surface area contributed by atoms with Crippen LogP contribution in [0.5, 0.6) is 0 Å². The lowest BCUT2D eigenvalue weighted by atomic mass is 9.88. The second-order valence-corrected chi connectivity index (χ2v) is 21.3. The third kappa shape index (κ3) is 24.9. The average Bonchev–Trinajstić information content (AvgIpc) is 0.840. The molecule has 0 saturated carbocycles. The van der Waals surface area contributed by atoms with Crippen molar-refractivity contribution in [3.05, 3.63) is 0 Å². The van der Waals surface area contributed by atoms with Gasteiger partial charge in [-0.1, -0.05) is 6.42 Å². The Labute approximate surface area is 517 Å². The van der Waals surface area contributed by atoms with Crippen LogP contribution in [-0.4, -0.2) is 349 Å². The summed E-state index contributed by atoms with van der Waals surface area (Å²) in [5, 5.41) is 148. The number of hydrogen-bond acceptors (Lipinski definition) is 31. The Morgan fingerprint density at radius 2 is 1.08 bits per heavy atom. The third-order valence-corrected chi connectivity index (χ3v) is 14.3. The van der Waals surface area contributed by atoms with Crippen LogP contribution in [0.4, 0.5) is 0 Å². The number of carbonyl (C=O) groups is 6. The Kier molecular flexibility index (Phi) is 35.5. The summed E-state index contributed by atoms with van der Waals surface area (Å²) in [6.45, 7) is 2.50. The van der Waals surface area contributed by atoms with Crippen molar-refractivity contribution < 1.29 is 161 Å². The lowest BCUT2D eigenvalue weighted by molar-refractivity contribution is -0.391. The van der Waals surface area contributed by atoms with Crippen LogP contribution >= 0.6 is 0 Å². The van der Waals surface area contributed by atoms with E-state index in [-0.39, 0.29) is 78.1 Å². The Morgan fingerprint density at radius 3 is 1.62 bits per heavy atom. The lowest BCUT2D eigenvalue weighted by Crippen LogP contribution is -2.71. The van der Waals surface area contributed by atoms with Gasteiger partial charge in [0, 0.05) is 46.4 Å². The molecule has 4 heterocycles. The van der Waals surface area contributed by atoms with Crippen molar-refractivity contribution in [2.24, 2.45) is 0 Å². The molecule has 522 valence electrons. The summed E-state index contributed by atoms with van der Waals surface area (Å²) >= 11 is 0. The first-order chi connectivity index (χ1) is 42.9. The van der Waals surface area contributed by atoms with Crippen LogP contribution in [0.1, 0.15) is 52.9 Å². The van der Waals surface area contributed by atoms with Crippen LogP contribution in [0.25, 0.3) is 0 Å². The van der Waals surface area contributed by atoms with Gasteiger partial charge in [0.25, 0.3) is 5.79 Å². The van der Waals surface area contributed by atoms with Crippen molar-refractivity contribution in [1.82, 2.24) is 21.3 Å². The van der Waals surface area contributed by atoms with Gasteiger partial charge in [0.1, 0.15) is 98.6 Å². The fraction of sp³-hybridized carbons (Fsp3) is 0.887. The topological polar surface area (TPSA) is 543 Å². The zero-order valence-electron chi connectivity index (χ0n) is 50.3. The Morgan fingerprint density at radius 1 is 0.556 bits per heavy atom. The number of carbonyl (C=O) groups excluding carboxylic acids is 4. The number of aliphatic hydroxyl groups excluding tert-OH is 11. The SMILES string of the molecule is CC(=O)N[C@H]1[C@H](OCCCCCC(=O)NCCNC(=O)COCCOCCOCCOCCOCCOCC(=O)O)O[C@H](CO)[C@@H](O[C@@H]2O[C@H](CO)[C@H](O)[C@H](O[C@]3(C(=O)O)C[C@H](O)[C@@H](NC(C)=O)[C@H]([C@H](O)[C@H](O)CO)O3)[C@H]2O)[C@@H]1O[C@@H]1O[C@@H](C)[C@@H](O)[C@@H](O)[C@@H]1O. The Hall–Kier alpha value is -4.18. The van der Waals surface area contributed by atoms with Crippen molar-refractivity contribution in [2.75, 3.05) is 119 Å². The first-order valence-electron chi connectivity index (χ1n) is 29.4. The molecule has 0 bridgehead atoms. The maximum atomic E-state index is 13.1. The van der Waals surface area contributed by atoms with Crippen molar-refractivity contribution >= 4 is 35.6 Å². The number of hydrogen-bond donors (Lipinski definition) is 17. The molecule has 4 saturated heterocycles. The van der Waals surface area contributed by atoms with E-state index in [9.17, 15) is 90.0 Å². The van der Waals surface area contributed by atoms with Gasteiger partial charge >= 0.3 is 11.9 Å². The van der Waals surface area contributed by atoms with E-state index in [1.165, 1.54) is 6.92 Å². The zero-order valence-corrected chi connectivity index (χ0v) is 50.3. The van der Waals surface area contributed by atoms with E-state index < -0.39 is 184 Å². The van der Waals surface area contributed by atoms with Crippen LogP contribution in [0.15, 0.2) is 0 Å². The number of unbranched alkanes of at least 4 members (excludes halogenated alkanes) is 2. The lowest BCUT2D eigenvalue weighted by Gasteiger charge is -2.51. The van der Waals surface area contributed by atoms with Crippen LogP contribution in [0, 0.1) is 0 Å². The highest BCUT2D eigenvalue weighted by molar-refractivity contribution is 5.78. The van der Waals surface area contributed by atoms with Crippen LogP contribution in [0.2, 0.25) is 0 Å². The van der Waals surface area contributed by atoms with E-state index in [1.54, 1.807) is 0 Å². The van der Waals surface area contributed by atoms with Crippen molar-refractivity contribution in [3.8, 4) is 0 Å². The van der Waals surface area contributed by atoms with Crippen molar-refractivity contribution in [1.29, 1.82) is 0 Å². The highest BCUT2D eigenvalue weighted by Gasteiger charge is 2.61. The van der Waals surface area contributed by atoms with Crippen molar-refractivity contribution in [2.45, 2.75) is 181 Å². The van der Waals surface area contributed by atoms with E-state index in [1.807, 2.05) is 0 Å². The summed E-state index contributed by atoms with van der Waals surface area (Å²) in [6.07, 6.45) is -34.3. The fourth-order valence-electron chi connectivity index (χ4n) is 9.74. The number of carboxylic acids is 2. The fourth-order valence-corrected chi connectivity index (χ4v) is 9.74. The minimum atomic E-state index is -3.17. The van der Waals surface area contributed by atoms with Crippen LogP contribution in [-0.2, 0) is 95.1 Å². The van der Waals surface area contributed by atoms with Gasteiger partial charge in [0.2, 0.25) is 23.6 Å². The molecule has 0 aliphatic carbocycles. The minimum absolute atomic E-state index is 0.0826. The highest BCUT2D eigenvalue weighted by atomic mass is 16.8. The molecule has 4 rings (SSSR count). The van der Waals surface area contributed by atoms with Gasteiger partial charge in [-0.05, 0) is 19.8 Å². The molecular formula is C53H92N4O33. The third-order valence-electron chi connectivity index (χ3n) is 14.3. The van der Waals surface area contributed by atoms with Crippen LogP contribution < -0.4 is 21.3 Å². The van der Waals surface area contributed by atoms with Gasteiger partial charge in [-0.2, -0.15) is 0 Å². The van der Waals surface area contributed by atoms with E-state index in [0.717, 1.165) is 13.8 Å².